The highest BCUT2D eigenvalue weighted by Crippen LogP contribution is 2.36. The summed E-state index contributed by atoms with van der Waals surface area (Å²) in [6.45, 7) is 9.35. The molecule has 8 nitrogen and oxygen atoms in total. The molecule has 1 heterocycles. The molecular weight excluding hydrogens is 404 g/mol. The first-order valence-corrected chi connectivity index (χ1v) is 11.1. The number of rotatable bonds is 8. The second-order valence-electron chi connectivity index (χ2n) is 9.42. The van der Waals surface area contributed by atoms with E-state index < -0.39 is 59.4 Å². The second kappa shape index (κ2) is 11.4. The van der Waals surface area contributed by atoms with Crippen molar-refractivity contribution in [3.05, 3.63) is 12.2 Å². The maximum atomic E-state index is 12.5. The maximum absolute atomic E-state index is 12.5. The molecule has 1 saturated heterocycles. The summed E-state index contributed by atoms with van der Waals surface area (Å²) in [5.74, 6) is -3.53. The van der Waals surface area contributed by atoms with Crippen molar-refractivity contribution in [3.63, 3.8) is 0 Å². The van der Waals surface area contributed by atoms with Gasteiger partial charge < -0.3 is 29.9 Å². The molecule has 180 valence electrons. The maximum Gasteiger partial charge on any atom is 0.330 e. The highest BCUT2D eigenvalue weighted by molar-refractivity contribution is 5.82. The number of hydrogen-bond acceptors (Lipinski definition) is 8. The molecule has 0 bridgehead atoms. The molecular formula is C23H40O8. The molecule has 1 aliphatic heterocycles. The Labute approximate surface area is 185 Å². The number of esters is 2. The Bertz CT molecular complexity index is 627. The summed E-state index contributed by atoms with van der Waals surface area (Å²) in [4.78, 5) is 24.9. The largest absolute Gasteiger partial charge is 0.455 e. The van der Waals surface area contributed by atoms with Crippen LogP contribution in [-0.2, 0) is 19.1 Å². The van der Waals surface area contributed by atoms with Crippen LogP contribution in [0.3, 0.4) is 0 Å². The molecule has 0 amide bonds. The standard InChI is InChI=1S/C23H40O8/c1-7-8-9-10-11-16(24)12-13-17(25)30-20-14(2)18(26)23(6,29)19(27)15(3)21(28)31-22(20,4)5/h12-16,18-20,24,26-27,29H,7-11H2,1-6H3/t14-,15+,16?,18-,19+,20+,23+/m0/s1. The average Bonchev–Trinajstić information content (AvgIpc) is 2.70. The van der Waals surface area contributed by atoms with E-state index in [1.807, 2.05) is 0 Å². The molecule has 1 aliphatic rings. The van der Waals surface area contributed by atoms with Crippen molar-refractivity contribution < 1.29 is 39.5 Å². The normalized spacial score (nSPS) is 35.0. The van der Waals surface area contributed by atoms with Crippen LogP contribution in [-0.4, -0.2) is 68.0 Å². The molecule has 8 heteroatoms. The Kier molecular flexibility index (Phi) is 10.1. The van der Waals surface area contributed by atoms with Crippen molar-refractivity contribution in [2.45, 2.75) is 109 Å². The number of ether oxygens (including phenoxy) is 2. The fraction of sp³-hybridized carbons (Fsp3) is 0.826. The zero-order chi connectivity index (χ0) is 24.0. The first-order valence-electron chi connectivity index (χ1n) is 11.1. The number of hydrogen-bond donors (Lipinski definition) is 4. The molecule has 1 rings (SSSR count). The molecule has 31 heavy (non-hydrogen) atoms. The third-order valence-electron chi connectivity index (χ3n) is 6.12. The summed E-state index contributed by atoms with van der Waals surface area (Å²) in [7, 11) is 0. The van der Waals surface area contributed by atoms with Gasteiger partial charge in [0.05, 0.1) is 24.2 Å². The molecule has 7 atom stereocenters. The summed E-state index contributed by atoms with van der Waals surface area (Å²) < 4.78 is 11.0. The first kappa shape index (κ1) is 27.6. The number of cyclic esters (lactones) is 1. The van der Waals surface area contributed by atoms with E-state index in [-0.39, 0.29) is 0 Å². The predicted molar refractivity (Wildman–Crippen MR) is 115 cm³/mol. The molecule has 1 unspecified atom stereocenters. The van der Waals surface area contributed by atoms with Gasteiger partial charge in [0.1, 0.15) is 17.3 Å². The summed E-state index contributed by atoms with van der Waals surface area (Å²) >= 11 is 0. The van der Waals surface area contributed by atoms with Gasteiger partial charge in [-0.3, -0.25) is 4.79 Å². The molecule has 0 aromatic carbocycles. The van der Waals surface area contributed by atoms with Crippen LogP contribution in [0.4, 0.5) is 0 Å². The van der Waals surface area contributed by atoms with E-state index in [0.29, 0.717) is 6.42 Å². The van der Waals surface area contributed by atoms with Crippen LogP contribution in [0.25, 0.3) is 0 Å². The Morgan fingerprint density at radius 1 is 1.16 bits per heavy atom. The van der Waals surface area contributed by atoms with Gasteiger partial charge in [0.15, 0.2) is 0 Å². The first-order chi connectivity index (χ1) is 14.3. The van der Waals surface area contributed by atoms with Crippen LogP contribution in [0.1, 0.15) is 73.6 Å². The van der Waals surface area contributed by atoms with Crippen molar-refractivity contribution >= 4 is 11.9 Å². The van der Waals surface area contributed by atoms with E-state index in [2.05, 4.69) is 6.92 Å². The van der Waals surface area contributed by atoms with E-state index in [4.69, 9.17) is 9.47 Å². The number of aliphatic hydroxyl groups excluding tert-OH is 3. The molecule has 0 radical (unpaired) electrons. The van der Waals surface area contributed by atoms with Gasteiger partial charge >= 0.3 is 11.9 Å². The van der Waals surface area contributed by atoms with Crippen molar-refractivity contribution in [2.24, 2.45) is 11.8 Å². The zero-order valence-electron chi connectivity index (χ0n) is 19.6. The summed E-state index contributed by atoms with van der Waals surface area (Å²) in [6, 6.07) is 0. The number of carbonyl (C=O) groups excluding carboxylic acids is 2. The van der Waals surface area contributed by atoms with Crippen molar-refractivity contribution in [3.8, 4) is 0 Å². The smallest absolute Gasteiger partial charge is 0.330 e. The summed E-state index contributed by atoms with van der Waals surface area (Å²) in [5.41, 5.74) is -3.37. The van der Waals surface area contributed by atoms with Gasteiger partial charge in [-0.2, -0.15) is 0 Å². The Balaban J connectivity index is 3.00. The monoisotopic (exact) mass is 444 g/mol. The van der Waals surface area contributed by atoms with Gasteiger partial charge in [0, 0.05) is 12.0 Å². The van der Waals surface area contributed by atoms with Gasteiger partial charge in [0.2, 0.25) is 0 Å². The second-order valence-corrected chi connectivity index (χ2v) is 9.42. The van der Waals surface area contributed by atoms with Crippen molar-refractivity contribution in [1.29, 1.82) is 0 Å². The topological polar surface area (TPSA) is 134 Å². The summed E-state index contributed by atoms with van der Waals surface area (Å²) in [5, 5.41) is 41.9. The van der Waals surface area contributed by atoms with E-state index in [0.717, 1.165) is 31.8 Å². The molecule has 4 N–H and O–H groups in total. The van der Waals surface area contributed by atoms with E-state index in [1.54, 1.807) is 6.92 Å². The molecule has 0 aromatic rings. The lowest BCUT2D eigenvalue weighted by atomic mass is 9.77. The van der Waals surface area contributed by atoms with E-state index in [9.17, 15) is 30.0 Å². The van der Waals surface area contributed by atoms with E-state index >= 15 is 0 Å². The van der Waals surface area contributed by atoms with Crippen LogP contribution in [0.15, 0.2) is 12.2 Å². The highest BCUT2D eigenvalue weighted by atomic mass is 16.6. The highest BCUT2D eigenvalue weighted by Gasteiger charge is 2.53. The lowest BCUT2D eigenvalue weighted by Gasteiger charge is -2.41. The Morgan fingerprint density at radius 2 is 1.77 bits per heavy atom. The van der Waals surface area contributed by atoms with Crippen LogP contribution < -0.4 is 0 Å². The molecule has 0 spiro atoms. The SMILES string of the molecule is CCCCCCC(O)C=CC(=O)O[C@@H]1[C@@H](C)[C@H](O)[C@@](C)(O)[C@H](O)[C@@H](C)C(=O)OC1(C)C. The number of aliphatic hydroxyl groups is 4. The minimum atomic E-state index is -2.03. The minimum absolute atomic E-state index is 0.532. The van der Waals surface area contributed by atoms with Crippen molar-refractivity contribution in [2.75, 3.05) is 0 Å². The molecule has 1 fully saturated rings. The van der Waals surface area contributed by atoms with Crippen LogP contribution in [0, 0.1) is 11.8 Å². The third kappa shape index (κ3) is 7.27. The Hall–Kier alpha value is -1.48. The summed E-state index contributed by atoms with van der Waals surface area (Å²) in [6.07, 6.45) is 2.04. The number of carbonyl (C=O) groups is 2. The third-order valence-corrected chi connectivity index (χ3v) is 6.12. The van der Waals surface area contributed by atoms with Gasteiger partial charge in [-0.1, -0.05) is 39.5 Å². The quantitative estimate of drug-likeness (QED) is 0.253. The van der Waals surface area contributed by atoms with Gasteiger partial charge in [0.25, 0.3) is 0 Å². The van der Waals surface area contributed by atoms with Gasteiger partial charge in [-0.05, 0) is 40.2 Å². The van der Waals surface area contributed by atoms with Gasteiger partial charge in [-0.15, -0.1) is 0 Å². The van der Waals surface area contributed by atoms with Crippen LogP contribution in [0.2, 0.25) is 0 Å². The number of unbranched alkanes of at least 4 members (excludes halogenated alkanes) is 3. The lowest BCUT2D eigenvalue weighted by molar-refractivity contribution is -0.192. The predicted octanol–water partition coefficient (Wildman–Crippen LogP) is 1.87. The zero-order valence-corrected chi connectivity index (χ0v) is 19.6. The fourth-order valence-electron chi connectivity index (χ4n) is 4.03. The fourth-order valence-corrected chi connectivity index (χ4v) is 4.03. The van der Waals surface area contributed by atoms with Gasteiger partial charge in [-0.25, -0.2) is 4.79 Å². The lowest BCUT2D eigenvalue weighted by Crippen LogP contribution is -2.58. The molecule has 0 aliphatic carbocycles. The van der Waals surface area contributed by atoms with Crippen LogP contribution >= 0.6 is 0 Å². The van der Waals surface area contributed by atoms with E-state index in [1.165, 1.54) is 33.8 Å². The molecule has 0 aromatic heterocycles. The minimum Gasteiger partial charge on any atom is -0.455 e. The van der Waals surface area contributed by atoms with Crippen LogP contribution in [0.5, 0.6) is 0 Å². The average molecular weight is 445 g/mol. The Morgan fingerprint density at radius 3 is 2.35 bits per heavy atom. The van der Waals surface area contributed by atoms with Crippen molar-refractivity contribution in [1.82, 2.24) is 0 Å². The molecule has 0 saturated carbocycles.